The third-order valence-corrected chi connectivity index (χ3v) is 2.65. The zero-order valence-corrected chi connectivity index (χ0v) is 9.43. The van der Waals surface area contributed by atoms with Crippen molar-refractivity contribution < 1.29 is 0 Å². The van der Waals surface area contributed by atoms with Gasteiger partial charge in [0, 0.05) is 11.1 Å². The molecule has 0 aromatic carbocycles. The van der Waals surface area contributed by atoms with Gasteiger partial charge in [-0.3, -0.25) is 4.98 Å². The molecule has 0 bridgehead atoms. The zero-order valence-electron chi connectivity index (χ0n) is 6.98. The van der Waals surface area contributed by atoms with Gasteiger partial charge in [0.15, 0.2) is 0 Å². The lowest BCUT2D eigenvalue weighted by molar-refractivity contribution is 1.42. The van der Waals surface area contributed by atoms with Gasteiger partial charge in [-0.05, 0) is 19.1 Å². The highest BCUT2D eigenvalue weighted by Gasteiger charge is 2.00. The molecule has 0 aliphatic carbocycles. The summed E-state index contributed by atoms with van der Waals surface area (Å²) < 4.78 is 1.10. The smallest absolute Gasteiger partial charge is 0.0833 e. The molecule has 0 atom stereocenters. The van der Waals surface area contributed by atoms with Crippen molar-refractivity contribution in [1.82, 2.24) is 4.98 Å². The topological polar surface area (TPSA) is 38.9 Å². The molecule has 72 valence electrons. The number of rotatable bonds is 0. The second-order valence-corrected chi connectivity index (χ2v) is 3.73. The third kappa shape index (κ3) is 2.24. The Balaban J connectivity index is 0.000000720. The molecule has 2 aromatic heterocycles. The maximum absolute atomic E-state index is 5.74. The molecule has 2 N–H and O–H groups in total. The highest BCUT2D eigenvalue weighted by molar-refractivity contribution is 7.19. The van der Waals surface area contributed by atoms with E-state index in [0.29, 0.717) is 0 Å². The van der Waals surface area contributed by atoms with Crippen LogP contribution in [0, 0.1) is 6.92 Å². The SMILES string of the molecule is Cc1cc2nccc(N)c2s1.Cl.Cl. The molecule has 0 amide bonds. The van der Waals surface area contributed by atoms with E-state index in [4.69, 9.17) is 5.73 Å². The van der Waals surface area contributed by atoms with Crippen LogP contribution in [0.1, 0.15) is 4.88 Å². The van der Waals surface area contributed by atoms with Gasteiger partial charge < -0.3 is 5.73 Å². The minimum Gasteiger partial charge on any atom is -0.397 e. The van der Waals surface area contributed by atoms with Crippen LogP contribution in [0.2, 0.25) is 0 Å². The van der Waals surface area contributed by atoms with Gasteiger partial charge in [0.2, 0.25) is 0 Å². The van der Waals surface area contributed by atoms with Crippen molar-refractivity contribution in [2.24, 2.45) is 0 Å². The van der Waals surface area contributed by atoms with Crippen LogP contribution in [-0.4, -0.2) is 4.98 Å². The highest BCUT2D eigenvalue weighted by Crippen LogP contribution is 2.27. The van der Waals surface area contributed by atoms with Gasteiger partial charge in [0.25, 0.3) is 0 Å². The first-order valence-corrected chi connectivity index (χ1v) is 4.19. The summed E-state index contributed by atoms with van der Waals surface area (Å²) in [6.07, 6.45) is 1.74. The van der Waals surface area contributed by atoms with Gasteiger partial charge in [-0.25, -0.2) is 0 Å². The van der Waals surface area contributed by atoms with E-state index in [1.54, 1.807) is 17.5 Å². The van der Waals surface area contributed by atoms with Crippen molar-refractivity contribution in [3.63, 3.8) is 0 Å². The number of thiophene rings is 1. The monoisotopic (exact) mass is 236 g/mol. The molecule has 2 rings (SSSR count). The average Bonchev–Trinajstić information content (AvgIpc) is 2.31. The Morgan fingerprint density at radius 3 is 2.69 bits per heavy atom. The number of hydrogen-bond acceptors (Lipinski definition) is 3. The van der Waals surface area contributed by atoms with Gasteiger partial charge in [-0.1, -0.05) is 0 Å². The molecule has 0 spiro atoms. The Morgan fingerprint density at radius 2 is 2.08 bits per heavy atom. The number of pyridine rings is 1. The maximum atomic E-state index is 5.74. The summed E-state index contributed by atoms with van der Waals surface area (Å²) in [4.78, 5) is 5.45. The molecule has 0 saturated heterocycles. The van der Waals surface area contributed by atoms with Crippen molar-refractivity contribution in [2.75, 3.05) is 5.73 Å². The Morgan fingerprint density at radius 1 is 1.38 bits per heavy atom. The maximum Gasteiger partial charge on any atom is 0.0833 e. The summed E-state index contributed by atoms with van der Waals surface area (Å²) in [5.74, 6) is 0. The van der Waals surface area contributed by atoms with Crippen LogP contribution in [0.5, 0.6) is 0 Å². The number of anilines is 1. The fraction of sp³-hybridized carbons (Fsp3) is 0.125. The largest absolute Gasteiger partial charge is 0.397 e. The summed E-state index contributed by atoms with van der Waals surface area (Å²) in [7, 11) is 0. The van der Waals surface area contributed by atoms with Crippen LogP contribution in [0.25, 0.3) is 10.2 Å². The van der Waals surface area contributed by atoms with E-state index in [2.05, 4.69) is 18.0 Å². The first kappa shape index (κ1) is 12.5. The lowest BCUT2D eigenvalue weighted by atomic mass is 10.3. The molecule has 2 heterocycles. The summed E-state index contributed by atoms with van der Waals surface area (Å²) >= 11 is 1.69. The van der Waals surface area contributed by atoms with Gasteiger partial charge in [0.05, 0.1) is 15.9 Å². The lowest BCUT2D eigenvalue weighted by Gasteiger charge is -1.91. The third-order valence-electron chi connectivity index (χ3n) is 1.57. The molecule has 0 fully saturated rings. The van der Waals surface area contributed by atoms with E-state index in [1.165, 1.54) is 4.88 Å². The average molecular weight is 237 g/mol. The predicted octanol–water partition coefficient (Wildman–Crippen LogP) is 3.03. The molecule has 0 radical (unpaired) electrons. The molecule has 13 heavy (non-hydrogen) atoms. The molecule has 5 heteroatoms. The van der Waals surface area contributed by atoms with Crippen molar-refractivity contribution >= 4 is 52.1 Å². The predicted molar refractivity (Wildman–Crippen MR) is 63.3 cm³/mol. The van der Waals surface area contributed by atoms with Crippen LogP contribution >= 0.6 is 36.2 Å². The van der Waals surface area contributed by atoms with Crippen LogP contribution < -0.4 is 5.73 Å². The van der Waals surface area contributed by atoms with Crippen molar-refractivity contribution in [3.05, 3.63) is 23.2 Å². The Hall–Kier alpha value is -0.510. The summed E-state index contributed by atoms with van der Waals surface area (Å²) in [5.41, 5.74) is 7.57. The van der Waals surface area contributed by atoms with E-state index in [0.717, 1.165) is 15.9 Å². The van der Waals surface area contributed by atoms with Crippen molar-refractivity contribution in [2.45, 2.75) is 6.92 Å². The summed E-state index contributed by atoms with van der Waals surface area (Å²) in [6.45, 7) is 2.06. The second-order valence-electron chi connectivity index (χ2n) is 2.47. The van der Waals surface area contributed by atoms with Gasteiger partial charge in [-0.2, -0.15) is 0 Å². The number of aryl methyl sites for hydroxylation is 1. The van der Waals surface area contributed by atoms with Crippen LogP contribution in [-0.2, 0) is 0 Å². The van der Waals surface area contributed by atoms with Gasteiger partial charge in [-0.15, -0.1) is 36.2 Å². The van der Waals surface area contributed by atoms with Gasteiger partial charge >= 0.3 is 0 Å². The number of fused-ring (bicyclic) bond motifs is 1. The minimum atomic E-state index is 0. The first-order chi connectivity index (χ1) is 5.27. The number of nitrogen functional groups attached to an aromatic ring is 1. The molecular weight excluding hydrogens is 227 g/mol. The standard InChI is InChI=1S/C8H8N2S.2ClH/c1-5-4-7-8(11-5)6(9)2-3-10-7;;/h2-4H,1H3,(H2,9,10);2*1H. The molecule has 0 aliphatic heterocycles. The van der Waals surface area contributed by atoms with Crippen LogP contribution in [0.4, 0.5) is 5.69 Å². The molecule has 2 nitrogen and oxygen atoms in total. The van der Waals surface area contributed by atoms with E-state index in [1.807, 2.05) is 6.07 Å². The first-order valence-electron chi connectivity index (χ1n) is 3.38. The Labute approximate surface area is 93.0 Å². The fourth-order valence-electron chi connectivity index (χ4n) is 1.08. The molecule has 2 aromatic rings. The second kappa shape index (κ2) is 4.65. The molecular formula is C8H10Cl2N2S. The van der Waals surface area contributed by atoms with E-state index in [9.17, 15) is 0 Å². The molecule has 0 saturated carbocycles. The van der Waals surface area contributed by atoms with Gasteiger partial charge in [0.1, 0.15) is 0 Å². The molecule has 0 aliphatic rings. The molecule has 0 unspecified atom stereocenters. The van der Waals surface area contributed by atoms with E-state index < -0.39 is 0 Å². The normalized spacial score (nSPS) is 9.00. The number of halogens is 2. The quantitative estimate of drug-likeness (QED) is 0.764. The fourth-order valence-corrected chi connectivity index (χ4v) is 1.97. The van der Waals surface area contributed by atoms with Crippen LogP contribution in [0.15, 0.2) is 18.3 Å². The van der Waals surface area contributed by atoms with E-state index >= 15 is 0 Å². The Kier molecular flexibility index (Phi) is 4.47. The Bertz CT molecular complexity index is 400. The number of hydrogen-bond donors (Lipinski definition) is 1. The summed E-state index contributed by atoms with van der Waals surface area (Å²) in [6, 6.07) is 3.88. The van der Waals surface area contributed by atoms with E-state index in [-0.39, 0.29) is 24.8 Å². The van der Waals surface area contributed by atoms with Crippen molar-refractivity contribution in [3.8, 4) is 0 Å². The van der Waals surface area contributed by atoms with Crippen molar-refractivity contribution in [1.29, 1.82) is 0 Å². The lowest BCUT2D eigenvalue weighted by Crippen LogP contribution is -1.83. The zero-order chi connectivity index (χ0) is 7.84. The van der Waals surface area contributed by atoms with Crippen LogP contribution in [0.3, 0.4) is 0 Å². The minimum absolute atomic E-state index is 0. The number of nitrogens with zero attached hydrogens (tertiary/aromatic N) is 1. The summed E-state index contributed by atoms with van der Waals surface area (Å²) in [5, 5.41) is 0. The number of nitrogens with two attached hydrogens (primary N) is 1. The highest BCUT2D eigenvalue weighted by atomic mass is 35.5. The number of aromatic nitrogens is 1.